The van der Waals surface area contributed by atoms with E-state index < -0.39 is 0 Å². The van der Waals surface area contributed by atoms with Crippen LogP contribution in [0.25, 0.3) is 0 Å². The number of carbonyl (C=O) groups excluding carboxylic acids is 1. The normalized spacial score (nSPS) is 9.67. The number of benzene rings is 3. The monoisotopic (exact) mass is 406 g/mol. The summed E-state index contributed by atoms with van der Waals surface area (Å²) in [5.74, 6) is 0.0347. The van der Waals surface area contributed by atoms with Crippen LogP contribution < -0.4 is 11.5 Å². The molecule has 0 radical (unpaired) electrons. The lowest BCUT2D eigenvalue weighted by molar-refractivity contribution is 0.112. The number of nitrogens with two attached hydrogens (primary N) is 2. The molecule has 0 heterocycles. The van der Waals surface area contributed by atoms with E-state index in [1.54, 1.807) is 18.2 Å². The molecule has 0 unspecified atom stereocenters. The molecule has 0 bridgehead atoms. The fourth-order valence-corrected chi connectivity index (χ4v) is 3.16. The number of para-hydroxylation sites is 1. The van der Waals surface area contributed by atoms with E-state index in [9.17, 15) is 4.79 Å². The van der Waals surface area contributed by atoms with Gasteiger partial charge in [-0.15, -0.1) is 0 Å². The predicted octanol–water partition coefficient (Wildman–Crippen LogP) is 5.91. The highest BCUT2D eigenvalue weighted by Crippen LogP contribution is 2.24. The molecule has 0 aliphatic carbocycles. The van der Waals surface area contributed by atoms with E-state index in [0.29, 0.717) is 11.8 Å². The average molecular weight is 407 g/mol. The number of hydrogen-bond acceptors (Lipinski definition) is 4. The quantitative estimate of drug-likeness (QED) is 0.373. The van der Waals surface area contributed by atoms with Crippen molar-refractivity contribution in [2.75, 3.05) is 11.5 Å². The third kappa shape index (κ3) is 6.66. The van der Waals surface area contributed by atoms with Gasteiger partial charge in [0.15, 0.2) is 6.29 Å². The summed E-state index contributed by atoms with van der Waals surface area (Å²) in [5.41, 5.74) is 21.3. The second-order valence-corrected chi connectivity index (χ2v) is 7.14. The van der Waals surface area contributed by atoms with Gasteiger partial charge in [-0.1, -0.05) is 50.2 Å². The number of anilines is 2. The summed E-state index contributed by atoms with van der Waals surface area (Å²) in [5, 5.41) is 8.88. The van der Waals surface area contributed by atoms with Gasteiger partial charge in [0.25, 0.3) is 0 Å². The van der Waals surface area contributed by atoms with Crippen LogP contribution in [0.1, 0.15) is 57.6 Å². The second kappa shape index (κ2) is 11.7. The van der Waals surface area contributed by atoms with E-state index in [0.717, 1.165) is 40.0 Å². The summed E-state index contributed by atoms with van der Waals surface area (Å²) in [6.07, 6.45) is 1.54. The highest BCUT2D eigenvalue weighted by atomic mass is 16.3. The van der Waals surface area contributed by atoms with E-state index in [2.05, 4.69) is 52.0 Å². The van der Waals surface area contributed by atoms with E-state index >= 15 is 0 Å². The minimum atomic E-state index is 0.0347. The van der Waals surface area contributed by atoms with Gasteiger partial charge in [0.2, 0.25) is 0 Å². The lowest BCUT2D eigenvalue weighted by atomic mass is 9.96. The maximum absolute atomic E-state index is 10.1. The van der Waals surface area contributed by atoms with Gasteiger partial charge < -0.3 is 16.6 Å². The summed E-state index contributed by atoms with van der Waals surface area (Å²) < 4.78 is 0. The van der Waals surface area contributed by atoms with Crippen LogP contribution in [0.2, 0.25) is 0 Å². The number of carbonyl (C=O) groups is 1. The maximum atomic E-state index is 10.1. The van der Waals surface area contributed by atoms with Crippen LogP contribution in [-0.4, -0.2) is 11.4 Å². The molecule has 0 saturated heterocycles. The number of aldehydes is 1. The molecule has 3 rings (SSSR count). The molecule has 3 aromatic rings. The number of hydrogen-bond donors (Lipinski definition) is 3. The van der Waals surface area contributed by atoms with Crippen LogP contribution in [0.15, 0.2) is 48.5 Å². The lowest BCUT2D eigenvalue weighted by Crippen LogP contribution is -1.99. The Bertz CT molecular complexity index is 893. The van der Waals surface area contributed by atoms with Crippen molar-refractivity contribution in [3.63, 3.8) is 0 Å². The molecular weight excluding hydrogens is 372 g/mol. The van der Waals surface area contributed by atoms with Crippen molar-refractivity contribution in [1.29, 1.82) is 0 Å². The molecule has 0 aliphatic heterocycles. The minimum Gasteiger partial charge on any atom is -0.507 e. The van der Waals surface area contributed by atoms with E-state index in [1.807, 2.05) is 13.8 Å². The van der Waals surface area contributed by atoms with Crippen molar-refractivity contribution in [2.45, 2.75) is 48.0 Å². The molecule has 3 aromatic carbocycles. The molecular formula is C26H34N2O2. The van der Waals surface area contributed by atoms with Crippen LogP contribution in [0, 0.1) is 27.7 Å². The Morgan fingerprint density at radius 2 is 1.13 bits per heavy atom. The minimum absolute atomic E-state index is 0.0347. The van der Waals surface area contributed by atoms with E-state index in [4.69, 9.17) is 16.6 Å². The zero-order valence-corrected chi connectivity index (χ0v) is 18.9. The van der Waals surface area contributed by atoms with Crippen molar-refractivity contribution in [1.82, 2.24) is 0 Å². The molecule has 4 nitrogen and oxygen atoms in total. The largest absolute Gasteiger partial charge is 0.507 e. The maximum Gasteiger partial charge on any atom is 0.153 e. The van der Waals surface area contributed by atoms with Crippen molar-refractivity contribution in [3.8, 4) is 5.75 Å². The fraction of sp³-hybridized carbons (Fsp3) is 0.269. The van der Waals surface area contributed by atoms with Gasteiger partial charge in [0.1, 0.15) is 5.75 Å². The van der Waals surface area contributed by atoms with Gasteiger partial charge in [0, 0.05) is 11.4 Å². The van der Waals surface area contributed by atoms with Gasteiger partial charge in [0.05, 0.1) is 5.56 Å². The van der Waals surface area contributed by atoms with Crippen molar-refractivity contribution < 1.29 is 9.90 Å². The second-order valence-electron chi connectivity index (χ2n) is 7.14. The number of nitrogen functional groups attached to an aromatic ring is 2. The smallest absolute Gasteiger partial charge is 0.153 e. The van der Waals surface area contributed by atoms with Crippen LogP contribution >= 0.6 is 0 Å². The summed E-state index contributed by atoms with van der Waals surface area (Å²) in [6, 6.07) is 15.1. The van der Waals surface area contributed by atoms with Crippen LogP contribution in [0.5, 0.6) is 5.75 Å². The van der Waals surface area contributed by atoms with Gasteiger partial charge >= 0.3 is 0 Å². The first-order valence-corrected chi connectivity index (χ1v) is 10.2. The molecule has 30 heavy (non-hydrogen) atoms. The summed E-state index contributed by atoms with van der Waals surface area (Å²) >= 11 is 0. The highest BCUT2D eigenvalue weighted by Gasteiger charge is 2.06. The van der Waals surface area contributed by atoms with Crippen molar-refractivity contribution >= 4 is 17.7 Å². The van der Waals surface area contributed by atoms with Crippen molar-refractivity contribution in [2.24, 2.45) is 0 Å². The molecule has 0 spiro atoms. The van der Waals surface area contributed by atoms with Crippen LogP contribution in [0.4, 0.5) is 11.4 Å². The highest BCUT2D eigenvalue weighted by molar-refractivity contribution is 5.78. The Labute approximate surface area is 180 Å². The molecule has 0 amide bonds. The molecule has 0 aromatic heterocycles. The third-order valence-electron chi connectivity index (χ3n) is 4.78. The van der Waals surface area contributed by atoms with Crippen LogP contribution in [-0.2, 0) is 6.42 Å². The zero-order chi connectivity index (χ0) is 22.8. The standard InChI is InChI=1S/C17H22N2.C7H6O2.C2H6/c1-10-5-14(6-11(2)16(10)18)9-15-7-12(3)17(19)13(4)8-15;8-5-6-3-1-2-4-7(6)9;1-2/h5-8H,9,18-19H2,1-4H3;1-5,9H;1-2H3. The Hall–Kier alpha value is -3.27. The topological polar surface area (TPSA) is 89.3 Å². The summed E-state index contributed by atoms with van der Waals surface area (Å²) in [4.78, 5) is 10.1. The number of phenols is 1. The van der Waals surface area contributed by atoms with E-state index in [-0.39, 0.29) is 5.75 Å². The first-order chi connectivity index (χ1) is 14.2. The summed E-state index contributed by atoms with van der Waals surface area (Å²) in [7, 11) is 0. The SMILES string of the molecule is CC.Cc1cc(Cc2cc(C)c(N)c(C)c2)cc(C)c1N.O=Cc1ccccc1O. The van der Waals surface area contributed by atoms with Gasteiger partial charge in [-0.3, -0.25) is 4.79 Å². The predicted molar refractivity (Wildman–Crippen MR) is 128 cm³/mol. The third-order valence-corrected chi connectivity index (χ3v) is 4.78. The molecule has 4 heteroatoms. The van der Waals surface area contributed by atoms with Crippen LogP contribution in [0.3, 0.4) is 0 Å². The number of phenolic OH excluding ortho intramolecular Hbond substituents is 1. The fourth-order valence-electron chi connectivity index (χ4n) is 3.16. The van der Waals surface area contributed by atoms with Gasteiger partial charge in [-0.05, 0) is 79.6 Å². The lowest BCUT2D eigenvalue weighted by Gasteiger charge is -2.11. The first kappa shape index (κ1) is 24.8. The Morgan fingerprint density at radius 3 is 1.43 bits per heavy atom. The first-order valence-electron chi connectivity index (χ1n) is 10.2. The Morgan fingerprint density at radius 1 is 0.767 bits per heavy atom. The van der Waals surface area contributed by atoms with Crippen molar-refractivity contribution in [3.05, 3.63) is 87.5 Å². The molecule has 0 aliphatic rings. The average Bonchev–Trinajstić information content (AvgIpc) is 2.72. The number of aromatic hydroxyl groups is 1. The Kier molecular flexibility index (Phi) is 9.63. The van der Waals surface area contributed by atoms with E-state index in [1.165, 1.54) is 17.2 Å². The summed E-state index contributed by atoms with van der Waals surface area (Å²) in [6.45, 7) is 12.2. The van der Waals surface area contributed by atoms with Gasteiger partial charge in [-0.25, -0.2) is 0 Å². The number of aryl methyl sites for hydroxylation is 4. The molecule has 5 N–H and O–H groups in total. The molecule has 0 saturated carbocycles. The Balaban J connectivity index is 0.000000342. The molecule has 0 atom stereocenters. The van der Waals surface area contributed by atoms with Gasteiger partial charge in [-0.2, -0.15) is 0 Å². The zero-order valence-electron chi connectivity index (χ0n) is 18.9. The number of rotatable bonds is 3. The molecule has 0 fully saturated rings. The molecule has 160 valence electrons.